The average molecular weight is 405 g/mol. The van der Waals surface area contributed by atoms with E-state index in [-0.39, 0.29) is 5.91 Å². The third kappa shape index (κ3) is 4.51. The summed E-state index contributed by atoms with van der Waals surface area (Å²) in [6.07, 6.45) is 0. The minimum Gasteiger partial charge on any atom is -0.454 e. The highest BCUT2D eigenvalue weighted by Gasteiger charge is 2.22. The summed E-state index contributed by atoms with van der Waals surface area (Å²) in [7, 11) is 0. The molecular formula is C20H21ClN2O3S. The van der Waals surface area contributed by atoms with Gasteiger partial charge in [0.05, 0.1) is 10.8 Å². The second-order valence-corrected chi connectivity index (χ2v) is 7.99. The van der Waals surface area contributed by atoms with Crippen LogP contribution < -0.4 is 9.47 Å². The molecule has 0 N–H and O–H groups in total. The zero-order chi connectivity index (χ0) is 18.6. The SMILES string of the molecule is O=C(CSc1ccccc1Cl)N1CCN(Cc2ccc3c(c2)OCO3)CC1. The highest BCUT2D eigenvalue weighted by molar-refractivity contribution is 8.00. The molecule has 0 atom stereocenters. The number of carbonyl (C=O) groups excluding carboxylic acids is 1. The minimum absolute atomic E-state index is 0.169. The largest absolute Gasteiger partial charge is 0.454 e. The molecule has 1 saturated heterocycles. The number of carbonyl (C=O) groups is 1. The number of hydrogen-bond donors (Lipinski definition) is 0. The Hall–Kier alpha value is -1.89. The normalized spacial score (nSPS) is 16.6. The lowest BCUT2D eigenvalue weighted by Gasteiger charge is -2.34. The van der Waals surface area contributed by atoms with Gasteiger partial charge in [0.2, 0.25) is 12.7 Å². The highest BCUT2D eigenvalue weighted by atomic mass is 35.5. The minimum atomic E-state index is 0.169. The lowest BCUT2D eigenvalue weighted by molar-refractivity contribution is -0.130. The van der Waals surface area contributed by atoms with Gasteiger partial charge in [0.15, 0.2) is 11.5 Å². The number of amides is 1. The Bertz CT molecular complexity index is 825. The molecule has 0 spiro atoms. The van der Waals surface area contributed by atoms with E-state index >= 15 is 0 Å². The van der Waals surface area contributed by atoms with Gasteiger partial charge in [0.1, 0.15) is 0 Å². The van der Waals surface area contributed by atoms with Crippen LogP contribution in [-0.2, 0) is 11.3 Å². The van der Waals surface area contributed by atoms with Crippen molar-refractivity contribution in [3.05, 3.63) is 53.1 Å². The van der Waals surface area contributed by atoms with Crippen LogP contribution in [-0.4, -0.2) is 54.4 Å². The van der Waals surface area contributed by atoms with Crippen molar-refractivity contribution < 1.29 is 14.3 Å². The predicted octanol–water partition coefficient (Wildman–Crippen LogP) is 3.51. The molecule has 27 heavy (non-hydrogen) atoms. The van der Waals surface area contributed by atoms with E-state index in [0.717, 1.165) is 49.1 Å². The number of piperazine rings is 1. The molecule has 0 radical (unpaired) electrons. The van der Waals surface area contributed by atoms with Crippen LogP contribution in [0.4, 0.5) is 0 Å². The quantitative estimate of drug-likeness (QED) is 0.713. The second kappa shape index (κ2) is 8.42. The smallest absolute Gasteiger partial charge is 0.233 e. The topological polar surface area (TPSA) is 42.0 Å². The van der Waals surface area contributed by atoms with Crippen LogP contribution in [0.5, 0.6) is 11.5 Å². The highest BCUT2D eigenvalue weighted by Crippen LogP contribution is 2.33. The number of thioether (sulfide) groups is 1. The fourth-order valence-corrected chi connectivity index (χ4v) is 4.39. The van der Waals surface area contributed by atoms with Gasteiger partial charge in [0.25, 0.3) is 0 Å². The maximum Gasteiger partial charge on any atom is 0.233 e. The molecular weight excluding hydrogens is 384 g/mol. The third-order valence-electron chi connectivity index (χ3n) is 4.76. The molecule has 0 aliphatic carbocycles. The van der Waals surface area contributed by atoms with E-state index in [1.807, 2.05) is 41.3 Å². The Morgan fingerprint density at radius 3 is 2.63 bits per heavy atom. The van der Waals surface area contributed by atoms with Gasteiger partial charge in [-0.2, -0.15) is 0 Å². The zero-order valence-corrected chi connectivity index (χ0v) is 16.5. The summed E-state index contributed by atoms with van der Waals surface area (Å²) >= 11 is 7.66. The lowest BCUT2D eigenvalue weighted by Crippen LogP contribution is -2.48. The van der Waals surface area contributed by atoms with Crippen LogP contribution in [0.1, 0.15) is 5.56 Å². The summed E-state index contributed by atoms with van der Waals surface area (Å²) in [5.74, 6) is 2.22. The molecule has 0 unspecified atom stereocenters. The molecule has 0 aromatic heterocycles. The van der Waals surface area contributed by atoms with Crippen molar-refractivity contribution in [2.24, 2.45) is 0 Å². The van der Waals surface area contributed by atoms with Crippen molar-refractivity contribution in [2.45, 2.75) is 11.4 Å². The number of halogens is 1. The molecule has 1 fully saturated rings. The number of nitrogens with zero attached hydrogens (tertiary/aromatic N) is 2. The van der Waals surface area contributed by atoms with Crippen molar-refractivity contribution in [3.8, 4) is 11.5 Å². The van der Waals surface area contributed by atoms with Crippen LogP contribution in [0.25, 0.3) is 0 Å². The van der Waals surface area contributed by atoms with Crippen LogP contribution >= 0.6 is 23.4 Å². The van der Waals surface area contributed by atoms with Gasteiger partial charge in [-0.3, -0.25) is 9.69 Å². The van der Waals surface area contributed by atoms with Crippen LogP contribution in [0.3, 0.4) is 0 Å². The number of rotatable bonds is 5. The van der Waals surface area contributed by atoms with E-state index < -0.39 is 0 Å². The van der Waals surface area contributed by atoms with Crippen molar-refractivity contribution in [3.63, 3.8) is 0 Å². The van der Waals surface area contributed by atoms with Gasteiger partial charge in [-0.15, -0.1) is 11.8 Å². The Morgan fingerprint density at radius 1 is 1.04 bits per heavy atom. The fraction of sp³-hybridized carbons (Fsp3) is 0.350. The van der Waals surface area contributed by atoms with Crippen LogP contribution in [0.15, 0.2) is 47.4 Å². The maximum absolute atomic E-state index is 12.5. The first-order valence-corrected chi connectivity index (χ1v) is 10.3. The molecule has 2 heterocycles. The standard InChI is InChI=1S/C20H21ClN2O3S/c21-16-3-1-2-4-19(16)27-13-20(24)23-9-7-22(8-10-23)12-15-5-6-17-18(11-15)26-14-25-17/h1-6,11H,7-10,12-14H2. The molecule has 142 valence electrons. The van der Waals surface area contributed by atoms with Crippen molar-refractivity contribution >= 4 is 29.3 Å². The van der Waals surface area contributed by atoms with E-state index in [2.05, 4.69) is 11.0 Å². The first-order valence-electron chi connectivity index (χ1n) is 8.95. The van der Waals surface area contributed by atoms with Gasteiger partial charge >= 0.3 is 0 Å². The lowest BCUT2D eigenvalue weighted by atomic mass is 10.1. The van der Waals surface area contributed by atoms with E-state index in [4.69, 9.17) is 21.1 Å². The Balaban J connectivity index is 1.25. The molecule has 2 aliphatic heterocycles. The van der Waals surface area contributed by atoms with Gasteiger partial charge in [-0.25, -0.2) is 0 Å². The summed E-state index contributed by atoms with van der Waals surface area (Å²) < 4.78 is 10.8. The third-order valence-corrected chi connectivity index (χ3v) is 6.26. The van der Waals surface area contributed by atoms with E-state index in [0.29, 0.717) is 17.6 Å². The van der Waals surface area contributed by atoms with Crippen molar-refractivity contribution in [1.29, 1.82) is 0 Å². The first-order chi connectivity index (χ1) is 13.2. The van der Waals surface area contributed by atoms with Gasteiger partial charge < -0.3 is 14.4 Å². The predicted molar refractivity (Wildman–Crippen MR) is 107 cm³/mol. The van der Waals surface area contributed by atoms with Gasteiger partial charge in [-0.05, 0) is 29.8 Å². The number of ether oxygens (including phenoxy) is 2. The molecule has 2 aromatic carbocycles. The van der Waals surface area contributed by atoms with Crippen molar-refractivity contribution in [2.75, 3.05) is 38.7 Å². The average Bonchev–Trinajstić information content (AvgIpc) is 3.15. The zero-order valence-electron chi connectivity index (χ0n) is 14.9. The molecule has 2 aliphatic rings. The fourth-order valence-electron chi connectivity index (χ4n) is 3.25. The first kappa shape index (κ1) is 18.5. The summed E-state index contributed by atoms with van der Waals surface area (Å²) in [6.45, 7) is 4.41. The van der Waals surface area contributed by atoms with Crippen LogP contribution in [0.2, 0.25) is 5.02 Å². The number of fused-ring (bicyclic) bond motifs is 1. The summed E-state index contributed by atoms with van der Waals surface area (Å²) in [5, 5.41) is 0.698. The Kier molecular flexibility index (Phi) is 5.76. The molecule has 0 saturated carbocycles. The van der Waals surface area contributed by atoms with E-state index in [1.54, 1.807) is 0 Å². The molecule has 7 heteroatoms. The van der Waals surface area contributed by atoms with Crippen molar-refractivity contribution in [1.82, 2.24) is 9.80 Å². The van der Waals surface area contributed by atoms with Gasteiger partial charge in [-0.1, -0.05) is 29.8 Å². The Labute approximate surface area is 168 Å². The Morgan fingerprint density at radius 2 is 1.81 bits per heavy atom. The monoisotopic (exact) mass is 404 g/mol. The maximum atomic E-state index is 12.5. The molecule has 1 amide bonds. The summed E-state index contributed by atoms with van der Waals surface area (Å²) in [6, 6.07) is 13.7. The molecule has 4 rings (SSSR count). The number of benzene rings is 2. The van der Waals surface area contributed by atoms with Crippen LogP contribution in [0, 0.1) is 0 Å². The van der Waals surface area contributed by atoms with Gasteiger partial charge in [0, 0.05) is 37.6 Å². The summed E-state index contributed by atoms with van der Waals surface area (Å²) in [4.78, 5) is 17.7. The van der Waals surface area contributed by atoms with E-state index in [1.165, 1.54) is 17.3 Å². The summed E-state index contributed by atoms with van der Waals surface area (Å²) in [5.41, 5.74) is 1.20. The molecule has 0 bridgehead atoms. The molecule has 5 nitrogen and oxygen atoms in total. The molecule has 2 aromatic rings. The second-order valence-electron chi connectivity index (χ2n) is 6.56. The number of hydrogen-bond acceptors (Lipinski definition) is 5. The van der Waals surface area contributed by atoms with E-state index in [9.17, 15) is 4.79 Å².